The van der Waals surface area contributed by atoms with E-state index in [4.69, 9.17) is 9.47 Å². The SMILES string of the molecule is COc1cc(CC2C=Cc3cc4ccccc4cc3C2=O)cc(OC)c1. The highest BCUT2D eigenvalue weighted by molar-refractivity contribution is 6.07. The molecule has 0 heterocycles. The van der Waals surface area contributed by atoms with Crippen LogP contribution in [0.2, 0.25) is 0 Å². The minimum atomic E-state index is -0.180. The highest BCUT2D eigenvalue weighted by atomic mass is 16.5. The van der Waals surface area contributed by atoms with Crippen molar-refractivity contribution in [3.05, 3.63) is 77.4 Å². The Morgan fingerprint density at radius 2 is 1.54 bits per heavy atom. The fraction of sp³-hybridized carbons (Fsp3) is 0.174. The molecule has 0 fully saturated rings. The zero-order chi connectivity index (χ0) is 18.1. The largest absolute Gasteiger partial charge is 0.497 e. The minimum absolute atomic E-state index is 0.162. The van der Waals surface area contributed by atoms with E-state index in [1.807, 2.05) is 48.5 Å². The molecule has 3 nitrogen and oxygen atoms in total. The second kappa shape index (κ2) is 6.68. The number of hydrogen-bond acceptors (Lipinski definition) is 3. The summed E-state index contributed by atoms with van der Waals surface area (Å²) in [5.74, 6) is 1.45. The average molecular weight is 344 g/mol. The van der Waals surface area contributed by atoms with Gasteiger partial charge in [0.1, 0.15) is 11.5 Å². The lowest BCUT2D eigenvalue weighted by Crippen LogP contribution is -2.19. The Kier molecular flexibility index (Phi) is 4.21. The number of Topliss-reactive ketones (excluding diaryl/α,β-unsaturated/α-hetero) is 1. The summed E-state index contributed by atoms with van der Waals surface area (Å²) in [5, 5.41) is 2.25. The number of rotatable bonds is 4. The lowest BCUT2D eigenvalue weighted by Gasteiger charge is -2.19. The Labute approximate surface area is 152 Å². The van der Waals surface area contributed by atoms with E-state index in [2.05, 4.69) is 18.2 Å². The predicted octanol–water partition coefficient (Wildman–Crippen LogP) is 4.93. The Bertz CT molecular complexity index is 995. The van der Waals surface area contributed by atoms with Gasteiger partial charge in [0, 0.05) is 17.5 Å². The maximum atomic E-state index is 13.1. The summed E-state index contributed by atoms with van der Waals surface area (Å²) < 4.78 is 10.7. The molecule has 3 aromatic rings. The summed E-state index contributed by atoms with van der Waals surface area (Å²) in [6.07, 6.45) is 4.69. The standard InChI is InChI=1S/C23H20O3/c1-25-20-10-15(11-21(14-20)26-2)9-19-8-7-18-12-16-5-3-4-6-17(16)13-22(18)23(19)24/h3-8,10-14,19H,9H2,1-2H3. The lowest BCUT2D eigenvalue weighted by atomic mass is 9.83. The first-order chi connectivity index (χ1) is 12.7. The van der Waals surface area contributed by atoms with Gasteiger partial charge in [0.25, 0.3) is 0 Å². The number of benzene rings is 3. The summed E-state index contributed by atoms with van der Waals surface area (Å²) >= 11 is 0. The normalized spacial score (nSPS) is 15.8. The van der Waals surface area contributed by atoms with Crippen molar-refractivity contribution >= 4 is 22.6 Å². The molecule has 0 amide bonds. The van der Waals surface area contributed by atoms with Crippen molar-refractivity contribution in [2.45, 2.75) is 6.42 Å². The van der Waals surface area contributed by atoms with Gasteiger partial charge in [-0.25, -0.2) is 0 Å². The van der Waals surface area contributed by atoms with Gasteiger partial charge in [-0.15, -0.1) is 0 Å². The first-order valence-corrected chi connectivity index (χ1v) is 8.65. The third-order valence-electron chi connectivity index (χ3n) is 4.90. The Hall–Kier alpha value is -3.07. The number of carbonyl (C=O) groups is 1. The molecule has 1 aliphatic rings. The van der Waals surface area contributed by atoms with Crippen molar-refractivity contribution < 1.29 is 14.3 Å². The zero-order valence-corrected chi connectivity index (χ0v) is 14.9. The highest BCUT2D eigenvalue weighted by Gasteiger charge is 2.24. The predicted molar refractivity (Wildman–Crippen MR) is 104 cm³/mol. The Morgan fingerprint density at radius 3 is 2.19 bits per heavy atom. The van der Waals surface area contributed by atoms with Gasteiger partial charge in [-0.1, -0.05) is 36.4 Å². The molecule has 0 aromatic heterocycles. The van der Waals surface area contributed by atoms with Crippen LogP contribution in [0.5, 0.6) is 11.5 Å². The minimum Gasteiger partial charge on any atom is -0.497 e. The van der Waals surface area contributed by atoms with E-state index in [-0.39, 0.29) is 11.7 Å². The number of ether oxygens (including phenoxy) is 2. The molecule has 0 radical (unpaired) electrons. The molecular formula is C23H20O3. The molecule has 0 aliphatic heterocycles. The average Bonchev–Trinajstić information content (AvgIpc) is 2.68. The molecule has 1 atom stereocenters. The smallest absolute Gasteiger partial charge is 0.170 e. The molecule has 4 rings (SSSR count). The molecule has 0 bridgehead atoms. The summed E-state index contributed by atoms with van der Waals surface area (Å²) in [4.78, 5) is 13.1. The molecule has 26 heavy (non-hydrogen) atoms. The highest BCUT2D eigenvalue weighted by Crippen LogP contribution is 2.31. The number of methoxy groups -OCH3 is 2. The van der Waals surface area contributed by atoms with Crippen LogP contribution in [0.25, 0.3) is 16.8 Å². The molecular weight excluding hydrogens is 324 g/mol. The van der Waals surface area contributed by atoms with Crippen molar-refractivity contribution in [3.8, 4) is 11.5 Å². The van der Waals surface area contributed by atoms with Gasteiger partial charge in [0.05, 0.1) is 14.2 Å². The molecule has 130 valence electrons. The van der Waals surface area contributed by atoms with Gasteiger partial charge in [0.15, 0.2) is 5.78 Å². The lowest BCUT2D eigenvalue weighted by molar-refractivity contribution is 0.0943. The van der Waals surface area contributed by atoms with Crippen molar-refractivity contribution in [1.29, 1.82) is 0 Å². The fourth-order valence-electron chi connectivity index (χ4n) is 3.52. The van der Waals surface area contributed by atoms with Crippen LogP contribution >= 0.6 is 0 Å². The maximum absolute atomic E-state index is 13.1. The quantitative estimate of drug-likeness (QED) is 0.673. The van der Waals surface area contributed by atoms with E-state index < -0.39 is 0 Å². The molecule has 3 heteroatoms. The van der Waals surface area contributed by atoms with Crippen LogP contribution in [0.15, 0.2) is 60.7 Å². The number of carbonyl (C=O) groups excluding carboxylic acids is 1. The number of ketones is 1. The number of hydrogen-bond donors (Lipinski definition) is 0. The van der Waals surface area contributed by atoms with E-state index in [1.165, 1.54) is 0 Å². The van der Waals surface area contributed by atoms with Gasteiger partial charge in [-0.3, -0.25) is 4.79 Å². The van der Waals surface area contributed by atoms with Crippen LogP contribution in [-0.2, 0) is 6.42 Å². The van der Waals surface area contributed by atoms with Crippen molar-refractivity contribution in [2.24, 2.45) is 5.92 Å². The molecule has 0 spiro atoms. The van der Waals surface area contributed by atoms with Crippen molar-refractivity contribution in [1.82, 2.24) is 0 Å². The molecule has 0 saturated heterocycles. The summed E-state index contributed by atoms with van der Waals surface area (Å²) in [6.45, 7) is 0. The molecule has 0 N–H and O–H groups in total. The first-order valence-electron chi connectivity index (χ1n) is 8.65. The summed E-state index contributed by atoms with van der Waals surface area (Å²) in [5.41, 5.74) is 2.81. The van der Waals surface area contributed by atoms with Gasteiger partial charge in [0.2, 0.25) is 0 Å². The second-order valence-electron chi connectivity index (χ2n) is 6.54. The van der Waals surface area contributed by atoms with Gasteiger partial charge in [-0.05, 0) is 52.6 Å². The molecule has 0 saturated carbocycles. The molecule has 1 unspecified atom stereocenters. The van der Waals surface area contributed by atoms with E-state index in [1.54, 1.807) is 14.2 Å². The monoisotopic (exact) mass is 344 g/mol. The van der Waals surface area contributed by atoms with Crippen LogP contribution in [0.4, 0.5) is 0 Å². The van der Waals surface area contributed by atoms with Crippen LogP contribution in [0.3, 0.4) is 0 Å². The second-order valence-corrected chi connectivity index (χ2v) is 6.54. The van der Waals surface area contributed by atoms with Gasteiger partial charge in [-0.2, -0.15) is 0 Å². The fourth-order valence-corrected chi connectivity index (χ4v) is 3.52. The summed E-state index contributed by atoms with van der Waals surface area (Å²) in [6, 6.07) is 18.0. The van der Waals surface area contributed by atoms with Crippen LogP contribution in [0, 0.1) is 5.92 Å². The van der Waals surface area contributed by atoms with Crippen molar-refractivity contribution in [3.63, 3.8) is 0 Å². The van der Waals surface area contributed by atoms with Crippen LogP contribution in [0.1, 0.15) is 21.5 Å². The van der Waals surface area contributed by atoms with Gasteiger partial charge < -0.3 is 9.47 Å². The maximum Gasteiger partial charge on any atom is 0.170 e. The molecule has 3 aromatic carbocycles. The third-order valence-corrected chi connectivity index (χ3v) is 4.90. The first kappa shape index (κ1) is 16.4. The van der Waals surface area contributed by atoms with Crippen molar-refractivity contribution in [2.75, 3.05) is 14.2 Å². The topological polar surface area (TPSA) is 35.5 Å². The van der Waals surface area contributed by atoms with Crippen LogP contribution in [-0.4, -0.2) is 20.0 Å². The Morgan fingerprint density at radius 1 is 0.885 bits per heavy atom. The van der Waals surface area contributed by atoms with Gasteiger partial charge >= 0.3 is 0 Å². The summed E-state index contributed by atoms with van der Waals surface area (Å²) in [7, 11) is 3.26. The van der Waals surface area contributed by atoms with E-state index >= 15 is 0 Å². The Balaban J connectivity index is 1.67. The van der Waals surface area contributed by atoms with Crippen LogP contribution < -0.4 is 9.47 Å². The van der Waals surface area contributed by atoms with E-state index in [0.717, 1.165) is 39.0 Å². The number of fused-ring (bicyclic) bond motifs is 2. The molecule has 1 aliphatic carbocycles. The van der Waals surface area contributed by atoms with E-state index in [9.17, 15) is 4.79 Å². The third kappa shape index (κ3) is 2.97. The number of allylic oxidation sites excluding steroid dienone is 1. The zero-order valence-electron chi connectivity index (χ0n) is 14.9. The van der Waals surface area contributed by atoms with E-state index in [0.29, 0.717) is 6.42 Å².